The number of hydrogen-bond acceptors (Lipinski definition) is 10. The van der Waals surface area contributed by atoms with Gasteiger partial charge in [-0.15, -0.1) is 0 Å². The largest absolute Gasteiger partial charge is 0.397 e. The van der Waals surface area contributed by atoms with Gasteiger partial charge in [0, 0.05) is 25.2 Å². The number of halogens is 1. The Balaban J connectivity index is 0.000000316. The zero-order valence-corrected chi connectivity index (χ0v) is 27.3. The average Bonchev–Trinajstić information content (AvgIpc) is 3.58. The number of amides is 1. The van der Waals surface area contributed by atoms with E-state index in [1.807, 2.05) is 78.9 Å². The van der Waals surface area contributed by atoms with Gasteiger partial charge in [0.15, 0.2) is 0 Å². The molecule has 0 atom stereocenters. The molecule has 11 N–H and O–H groups in total. The maximum absolute atomic E-state index is 11.9. The summed E-state index contributed by atoms with van der Waals surface area (Å²) in [7, 11) is 3.64. The van der Waals surface area contributed by atoms with Crippen LogP contribution in [0.2, 0.25) is 0 Å². The Morgan fingerprint density at radius 1 is 0.872 bits per heavy atom. The van der Waals surface area contributed by atoms with Gasteiger partial charge in [-0.2, -0.15) is 15.5 Å². The number of hydrogen-bond donors (Lipinski definition) is 6. The molecule has 0 aliphatic rings. The van der Waals surface area contributed by atoms with E-state index in [9.17, 15) is 10.1 Å². The first kappa shape index (κ1) is 37.4. The molecule has 252 valence electrons. The Morgan fingerprint density at radius 3 is 1.91 bits per heavy atom. The fourth-order valence-corrected chi connectivity index (χ4v) is 4.95. The zero-order valence-electron chi connectivity index (χ0n) is 27.3. The predicted molar refractivity (Wildman–Crippen MR) is 189 cm³/mol. The highest BCUT2D eigenvalue weighted by molar-refractivity contribution is 6.04. The normalized spacial score (nSPS) is 11.1. The molecular formula is C32H46FN13O. The van der Waals surface area contributed by atoms with Gasteiger partial charge in [0.05, 0.1) is 33.5 Å². The van der Waals surface area contributed by atoms with Gasteiger partial charge in [-0.1, -0.05) is 19.6 Å². The Bertz CT molecular complexity index is 1960. The van der Waals surface area contributed by atoms with Crippen LogP contribution in [0.15, 0.2) is 36.4 Å². The second kappa shape index (κ2) is 13.3. The highest BCUT2D eigenvalue weighted by Gasteiger charge is 2.27. The molecule has 0 bridgehead atoms. The molecule has 0 saturated heterocycles. The molecule has 0 spiro atoms. The Kier molecular flexibility index (Phi) is 10.6. The average molecular weight is 648 g/mol. The highest BCUT2D eigenvalue weighted by Crippen LogP contribution is 2.34. The van der Waals surface area contributed by atoms with E-state index >= 15 is 0 Å². The molecule has 0 radical (unpaired) electrons. The third-order valence-corrected chi connectivity index (χ3v) is 7.25. The van der Waals surface area contributed by atoms with Crippen LogP contribution in [0.4, 0.5) is 33.7 Å². The lowest BCUT2D eigenvalue weighted by Crippen LogP contribution is -2.25. The summed E-state index contributed by atoms with van der Waals surface area (Å²) in [5.74, 6) is 0.428. The third kappa shape index (κ3) is 6.91. The maximum atomic E-state index is 11.9. The number of nitrogen functional groups attached to an aromatic ring is 4. The molecular weight excluding hydrogens is 601 g/mol. The summed E-state index contributed by atoms with van der Waals surface area (Å²) in [5, 5.41) is 21.4. The topological polar surface area (TPSA) is 236 Å². The van der Waals surface area contributed by atoms with Crippen molar-refractivity contribution in [1.29, 1.82) is 5.26 Å². The van der Waals surface area contributed by atoms with Gasteiger partial charge >= 0.3 is 0 Å². The van der Waals surface area contributed by atoms with E-state index in [4.69, 9.17) is 28.7 Å². The minimum atomic E-state index is -0.612. The first-order valence-corrected chi connectivity index (χ1v) is 14.2. The first-order chi connectivity index (χ1) is 20.9. The Morgan fingerprint density at radius 2 is 1.40 bits per heavy atom. The van der Waals surface area contributed by atoms with Gasteiger partial charge in [0.2, 0.25) is 5.95 Å². The second-order valence-electron chi connectivity index (χ2n) is 12.6. The standard InChI is InChI=1S/C16H21N7O.C15H20N6.CH4.FH/c1-16(2,3)23-13(17)11(14(18)24)12(21-23)8-5-6-10-9(7-8)20-15(19)22(10)4;1-15(2,3)21-14(18)10(8-16)13(20-21)9-5-6-12(19-4)11(17)7-9;;/h5-7H,17H2,1-4H3,(H2,18,24)(H2,19,20);5-7,19H,17-18H2,1-4H3;1H4;1H. The van der Waals surface area contributed by atoms with Gasteiger partial charge in [0.1, 0.15) is 40.2 Å². The number of nitrogens with zero attached hydrogens (tertiary/aromatic N) is 7. The number of rotatable bonds is 4. The van der Waals surface area contributed by atoms with Gasteiger partial charge in [-0.25, -0.2) is 14.3 Å². The lowest BCUT2D eigenvalue weighted by molar-refractivity contribution is 0.100. The van der Waals surface area contributed by atoms with Crippen molar-refractivity contribution in [3.63, 3.8) is 0 Å². The lowest BCUT2D eigenvalue weighted by Gasteiger charge is -2.20. The van der Waals surface area contributed by atoms with Crippen molar-refractivity contribution in [3.8, 4) is 28.6 Å². The predicted octanol–water partition coefficient (Wildman–Crippen LogP) is 4.63. The zero-order chi connectivity index (χ0) is 33.6. The fraction of sp³-hybridized carbons (Fsp3) is 0.344. The Labute approximate surface area is 273 Å². The lowest BCUT2D eigenvalue weighted by atomic mass is 10.1. The quantitative estimate of drug-likeness (QED) is 0.148. The molecule has 47 heavy (non-hydrogen) atoms. The molecule has 14 nitrogen and oxygen atoms in total. The van der Waals surface area contributed by atoms with Crippen molar-refractivity contribution in [2.75, 3.05) is 35.3 Å². The molecule has 5 aromatic rings. The summed E-state index contributed by atoms with van der Waals surface area (Å²) < 4.78 is 5.07. The van der Waals surface area contributed by atoms with Gasteiger partial charge in [-0.05, 0) is 65.8 Å². The first-order valence-electron chi connectivity index (χ1n) is 14.2. The summed E-state index contributed by atoms with van der Waals surface area (Å²) in [6.07, 6.45) is 0. The summed E-state index contributed by atoms with van der Waals surface area (Å²) in [4.78, 5) is 16.2. The van der Waals surface area contributed by atoms with E-state index in [0.717, 1.165) is 16.8 Å². The number of aromatic nitrogens is 6. The number of imidazole rings is 1. The second-order valence-corrected chi connectivity index (χ2v) is 12.6. The minimum absolute atomic E-state index is 0. The van der Waals surface area contributed by atoms with Crippen molar-refractivity contribution in [2.24, 2.45) is 12.8 Å². The van der Waals surface area contributed by atoms with Crippen LogP contribution in [0.25, 0.3) is 33.5 Å². The molecule has 3 heterocycles. The van der Waals surface area contributed by atoms with E-state index in [2.05, 4.69) is 26.6 Å². The van der Waals surface area contributed by atoms with Gasteiger partial charge in [-0.3, -0.25) is 9.50 Å². The van der Waals surface area contributed by atoms with E-state index in [0.29, 0.717) is 45.5 Å². The number of aryl methyl sites for hydroxylation is 1. The molecule has 3 aromatic heterocycles. The summed E-state index contributed by atoms with van der Waals surface area (Å²) in [6, 6.07) is 13.2. The SMILES string of the molecule is C.CNc1ccc(-c2nn(C(C)(C)C)c(N)c2C#N)cc1N.Cn1c(N)nc2cc(-c3nn(C(C)(C)C)c(N)c3C(N)=O)ccc21.F. The number of carbonyl (C=O) groups excluding carboxylic acids is 1. The third-order valence-electron chi connectivity index (χ3n) is 7.25. The number of nitrogens with two attached hydrogens (primary N) is 5. The van der Waals surface area contributed by atoms with Crippen LogP contribution in [-0.2, 0) is 18.1 Å². The van der Waals surface area contributed by atoms with Crippen molar-refractivity contribution in [1.82, 2.24) is 29.1 Å². The summed E-state index contributed by atoms with van der Waals surface area (Å²) >= 11 is 0. The number of fused-ring (bicyclic) bond motifs is 1. The molecule has 2 aromatic carbocycles. The van der Waals surface area contributed by atoms with Crippen molar-refractivity contribution < 1.29 is 9.50 Å². The number of primary amides is 1. The van der Waals surface area contributed by atoms with Crippen molar-refractivity contribution in [3.05, 3.63) is 47.5 Å². The van der Waals surface area contributed by atoms with Crippen LogP contribution < -0.4 is 34.0 Å². The monoisotopic (exact) mass is 647 g/mol. The van der Waals surface area contributed by atoms with Crippen LogP contribution in [-0.4, -0.2) is 42.1 Å². The van der Waals surface area contributed by atoms with E-state index in [1.165, 1.54) is 0 Å². The van der Waals surface area contributed by atoms with Crippen molar-refractivity contribution >= 4 is 45.9 Å². The number of benzene rings is 2. The number of nitrogens with one attached hydrogen (secondary N) is 1. The molecule has 0 unspecified atom stereocenters. The molecule has 0 aliphatic carbocycles. The Hall–Kier alpha value is -5.78. The summed E-state index contributed by atoms with van der Waals surface area (Å²) in [5.41, 5.74) is 35.0. The van der Waals surface area contributed by atoms with Gasteiger partial charge in [0.25, 0.3) is 5.91 Å². The van der Waals surface area contributed by atoms with Crippen LogP contribution in [0, 0.1) is 11.3 Å². The molecule has 0 fully saturated rings. The minimum Gasteiger partial charge on any atom is -0.397 e. The van der Waals surface area contributed by atoms with E-state index < -0.39 is 5.91 Å². The van der Waals surface area contributed by atoms with Crippen molar-refractivity contribution in [2.45, 2.75) is 60.0 Å². The van der Waals surface area contributed by atoms with Crippen LogP contribution in [0.5, 0.6) is 0 Å². The van der Waals surface area contributed by atoms with Crippen LogP contribution in [0.1, 0.15) is 64.9 Å². The molecule has 15 heteroatoms. The van der Waals surface area contributed by atoms with E-state index in [-0.39, 0.29) is 34.6 Å². The smallest absolute Gasteiger partial charge is 0.254 e. The highest BCUT2D eigenvalue weighted by atomic mass is 19.0. The molecule has 1 amide bonds. The number of carbonyl (C=O) groups is 1. The maximum Gasteiger partial charge on any atom is 0.254 e. The van der Waals surface area contributed by atoms with Crippen LogP contribution >= 0.6 is 0 Å². The fourth-order valence-electron chi connectivity index (χ4n) is 4.95. The molecule has 0 saturated carbocycles. The van der Waals surface area contributed by atoms with E-state index in [1.54, 1.807) is 27.0 Å². The van der Waals surface area contributed by atoms with Crippen LogP contribution in [0.3, 0.4) is 0 Å². The molecule has 5 rings (SSSR count). The van der Waals surface area contributed by atoms with Gasteiger partial charge < -0.3 is 38.6 Å². The number of anilines is 5. The number of nitriles is 1. The molecule has 0 aliphatic heterocycles. The summed E-state index contributed by atoms with van der Waals surface area (Å²) in [6.45, 7) is 11.8.